The number of halogens is 1. The second-order valence-electron chi connectivity index (χ2n) is 5.32. The van der Waals surface area contributed by atoms with Gasteiger partial charge in [-0.25, -0.2) is 0 Å². The second kappa shape index (κ2) is 11.9. The van der Waals surface area contributed by atoms with E-state index >= 15 is 0 Å². The molecule has 1 aromatic carbocycles. The molecule has 2 N–H and O–H groups in total. The van der Waals surface area contributed by atoms with Crippen molar-refractivity contribution in [2.24, 2.45) is 4.99 Å². The van der Waals surface area contributed by atoms with Gasteiger partial charge < -0.3 is 19.8 Å². The van der Waals surface area contributed by atoms with Gasteiger partial charge in [-0.05, 0) is 31.0 Å². The number of nitrogens with zero attached hydrogens (tertiary/aromatic N) is 1. The van der Waals surface area contributed by atoms with Gasteiger partial charge in [0.25, 0.3) is 0 Å². The van der Waals surface area contributed by atoms with E-state index in [1.807, 2.05) is 12.1 Å². The number of furan rings is 1. The summed E-state index contributed by atoms with van der Waals surface area (Å²) in [6, 6.07) is 12.3. The third kappa shape index (κ3) is 7.83. The molecule has 0 aliphatic carbocycles. The van der Waals surface area contributed by atoms with E-state index < -0.39 is 0 Å². The van der Waals surface area contributed by atoms with E-state index in [2.05, 4.69) is 46.8 Å². The van der Waals surface area contributed by atoms with Crippen molar-refractivity contribution in [1.29, 1.82) is 0 Å². The van der Waals surface area contributed by atoms with Crippen LogP contribution in [0.2, 0.25) is 0 Å². The van der Waals surface area contributed by atoms with Crippen LogP contribution in [0.1, 0.15) is 23.3 Å². The number of hydrogen-bond donors (Lipinski definition) is 2. The van der Waals surface area contributed by atoms with E-state index in [4.69, 9.17) is 9.15 Å². The maximum Gasteiger partial charge on any atom is 0.191 e. The molecular formula is C18H26IN3O2. The molecule has 2 rings (SSSR count). The van der Waals surface area contributed by atoms with E-state index in [1.54, 1.807) is 13.3 Å². The van der Waals surface area contributed by atoms with Gasteiger partial charge in [-0.2, -0.15) is 0 Å². The highest BCUT2D eigenvalue weighted by atomic mass is 127. The van der Waals surface area contributed by atoms with Gasteiger partial charge in [0, 0.05) is 26.7 Å². The average Bonchev–Trinajstić information content (AvgIpc) is 3.08. The molecule has 0 bridgehead atoms. The van der Waals surface area contributed by atoms with Gasteiger partial charge in [-0.15, -0.1) is 24.0 Å². The number of ether oxygens (including phenoxy) is 1. The Kier molecular flexibility index (Phi) is 10.2. The maximum absolute atomic E-state index is 5.54. The SMILES string of the molecule is CN=C(NCCCOCc1ccco1)NCc1ccc(C)cc1.I. The molecule has 1 heterocycles. The third-order valence-corrected chi connectivity index (χ3v) is 3.39. The van der Waals surface area contributed by atoms with Gasteiger partial charge in [-0.3, -0.25) is 4.99 Å². The Morgan fingerprint density at radius 2 is 1.96 bits per heavy atom. The van der Waals surface area contributed by atoms with Crippen LogP contribution in [0.25, 0.3) is 0 Å². The van der Waals surface area contributed by atoms with Crippen molar-refractivity contribution in [3.8, 4) is 0 Å². The molecule has 132 valence electrons. The van der Waals surface area contributed by atoms with Crippen molar-refractivity contribution in [2.45, 2.75) is 26.5 Å². The zero-order valence-electron chi connectivity index (χ0n) is 14.2. The standard InChI is InChI=1S/C18H25N3O2.HI/c1-15-6-8-16(9-7-15)13-21-18(19-2)20-10-4-11-22-14-17-5-3-12-23-17;/h3,5-9,12H,4,10-11,13-14H2,1-2H3,(H2,19,20,21);1H. The summed E-state index contributed by atoms with van der Waals surface area (Å²) in [5.74, 6) is 1.66. The summed E-state index contributed by atoms with van der Waals surface area (Å²) in [6.45, 7) is 4.86. The van der Waals surface area contributed by atoms with Crippen LogP contribution in [-0.4, -0.2) is 26.2 Å². The smallest absolute Gasteiger partial charge is 0.191 e. The Balaban J connectivity index is 0.00000288. The first-order chi connectivity index (χ1) is 11.3. The van der Waals surface area contributed by atoms with Crippen molar-refractivity contribution < 1.29 is 9.15 Å². The lowest BCUT2D eigenvalue weighted by Gasteiger charge is -2.12. The topological polar surface area (TPSA) is 58.8 Å². The fraction of sp³-hybridized carbons (Fsp3) is 0.389. The van der Waals surface area contributed by atoms with Gasteiger partial charge in [0.15, 0.2) is 5.96 Å². The molecule has 1 aromatic heterocycles. The van der Waals surface area contributed by atoms with Crippen molar-refractivity contribution >= 4 is 29.9 Å². The highest BCUT2D eigenvalue weighted by Gasteiger charge is 1.99. The van der Waals surface area contributed by atoms with Crippen LogP contribution in [0.3, 0.4) is 0 Å². The predicted octanol–water partition coefficient (Wildman–Crippen LogP) is 3.48. The molecule has 6 heteroatoms. The summed E-state index contributed by atoms with van der Waals surface area (Å²) in [6.07, 6.45) is 2.57. The first kappa shape index (κ1) is 20.5. The minimum Gasteiger partial charge on any atom is -0.467 e. The van der Waals surface area contributed by atoms with E-state index in [0.29, 0.717) is 13.2 Å². The van der Waals surface area contributed by atoms with Crippen molar-refractivity contribution in [3.05, 3.63) is 59.5 Å². The fourth-order valence-electron chi connectivity index (χ4n) is 2.06. The fourth-order valence-corrected chi connectivity index (χ4v) is 2.06. The van der Waals surface area contributed by atoms with E-state index in [9.17, 15) is 0 Å². The van der Waals surface area contributed by atoms with E-state index in [1.165, 1.54) is 11.1 Å². The zero-order chi connectivity index (χ0) is 16.3. The molecule has 0 atom stereocenters. The molecule has 0 aliphatic heterocycles. The third-order valence-electron chi connectivity index (χ3n) is 3.39. The van der Waals surface area contributed by atoms with Crippen LogP contribution in [0.4, 0.5) is 0 Å². The molecule has 2 aromatic rings. The summed E-state index contributed by atoms with van der Waals surface area (Å²) in [5, 5.41) is 6.58. The van der Waals surface area contributed by atoms with Crippen molar-refractivity contribution in [3.63, 3.8) is 0 Å². The van der Waals surface area contributed by atoms with E-state index in [0.717, 1.165) is 31.2 Å². The summed E-state index contributed by atoms with van der Waals surface area (Å²) in [5.41, 5.74) is 2.51. The van der Waals surface area contributed by atoms with Crippen molar-refractivity contribution in [1.82, 2.24) is 10.6 Å². The molecule has 0 unspecified atom stereocenters. The highest BCUT2D eigenvalue weighted by Crippen LogP contribution is 2.03. The molecule has 0 aliphatic rings. The first-order valence-electron chi connectivity index (χ1n) is 7.88. The minimum atomic E-state index is 0. The lowest BCUT2D eigenvalue weighted by Crippen LogP contribution is -2.37. The number of aliphatic imine (C=N–C) groups is 1. The lowest BCUT2D eigenvalue weighted by atomic mass is 10.1. The van der Waals surface area contributed by atoms with Crippen molar-refractivity contribution in [2.75, 3.05) is 20.2 Å². The second-order valence-corrected chi connectivity index (χ2v) is 5.32. The number of hydrogen-bond acceptors (Lipinski definition) is 3. The molecular weight excluding hydrogens is 417 g/mol. The normalized spacial score (nSPS) is 11.0. The van der Waals surface area contributed by atoms with Crippen LogP contribution in [0.15, 0.2) is 52.1 Å². The molecule has 0 amide bonds. The lowest BCUT2D eigenvalue weighted by molar-refractivity contribution is 0.105. The van der Waals surface area contributed by atoms with Crippen LogP contribution < -0.4 is 10.6 Å². The summed E-state index contributed by atoms with van der Waals surface area (Å²) < 4.78 is 10.7. The summed E-state index contributed by atoms with van der Waals surface area (Å²) in [4.78, 5) is 4.22. The van der Waals surface area contributed by atoms with Crippen LogP contribution >= 0.6 is 24.0 Å². The Morgan fingerprint density at radius 1 is 1.17 bits per heavy atom. The Bertz CT molecular complexity index is 583. The number of benzene rings is 1. The molecule has 24 heavy (non-hydrogen) atoms. The van der Waals surface area contributed by atoms with Crippen LogP contribution in [-0.2, 0) is 17.9 Å². The average molecular weight is 443 g/mol. The first-order valence-corrected chi connectivity index (χ1v) is 7.88. The predicted molar refractivity (Wildman–Crippen MR) is 108 cm³/mol. The van der Waals surface area contributed by atoms with Gasteiger partial charge in [0.2, 0.25) is 0 Å². The minimum absolute atomic E-state index is 0. The Morgan fingerprint density at radius 3 is 2.62 bits per heavy atom. The number of aryl methyl sites for hydroxylation is 1. The molecule has 0 fully saturated rings. The van der Waals surface area contributed by atoms with Gasteiger partial charge >= 0.3 is 0 Å². The summed E-state index contributed by atoms with van der Waals surface area (Å²) in [7, 11) is 1.78. The van der Waals surface area contributed by atoms with Gasteiger partial charge in [0.05, 0.1) is 6.26 Å². The largest absolute Gasteiger partial charge is 0.467 e. The molecule has 0 radical (unpaired) electrons. The zero-order valence-corrected chi connectivity index (χ0v) is 16.6. The maximum atomic E-state index is 5.54. The van der Waals surface area contributed by atoms with Crippen LogP contribution in [0.5, 0.6) is 0 Å². The molecule has 0 spiro atoms. The molecule has 0 saturated heterocycles. The monoisotopic (exact) mass is 443 g/mol. The quantitative estimate of drug-likeness (QED) is 0.284. The number of guanidine groups is 1. The number of rotatable bonds is 8. The van der Waals surface area contributed by atoms with Gasteiger partial charge in [-0.1, -0.05) is 29.8 Å². The Labute approximate surface area is 160 Å². The van der Waals surface area contributed by atoms with Crippen LogP contribution in [0, 0.1) is 6.92 Å². The summed E-state index contributed by atoms with van der Waals surface area (Å²) >= 11 is 0. The molecule has 5 nitrogen and oxygen atoms in total. The van der Waals surface area contributed by atoms with E-state index in [-0.39, 0.29) is 24.0 Å². The van der Waals surface area contributed by atoms with Gasteiger partial charge in [0.1, 0.15) is 12.4 Å². The highest BCUT2D eigenvalue weighted by molar-refractivity contribution is 14.0. The number of nitrogens with one attached hydrogen (secondary N) is 2. The molecule has 0 saturated carbocycles. The Hall–Kier alpha value is -1.54.